The molecular formula is C21H16ClNO3. The quantitative estimate of drug-likeness (QED) is 0.349. The molecule has 5 heteroatoms. The second kappa shape index (κ2) is 8.32. The average molecular weight is 366 g/mol. The van der Waals surface area contributed by atoms with Crippen LogP contribution in [0.2, 0.25) is 5.02 Å². The largest absolute Gasteiger partial charge is 0.497 e. The molecule has 0 aliphatic heterocycles. The van der Waals surface area contributed by atoms with Gasteiger partial charge in [-0.15, -0.1) is 0 Å². The van der Waals surface area contributed by atoms with Crippen LogP contribution in [0, 0.1) is 0 Å². The van der Waals surface area contributed by atoms with Gasteiger partial charge in [0, 0.05) is 11.2 Å². The fourth-order valence-corrected chi connectivity index (χ4v) is 2.40. The molecule has 130 valence electrons. The highest BCUT2D eigenvalue weighted by Gasteiger charge is 2.08. The van der Waals surface area contributed by atoms with Crippen molar-refractivity contribution in [1.82, 2.24) is 0 Å². The molecule has 26 heavy (non-hydrogen) atoms. The highest BCUT2D eigenvalue weighted by atomic mass is 35.5. The van der Waals surface area contributed by atoms with E-state index in [1.807, 2.05) is 24.3 Å². The number of benzene rings is 3. The monoisotopic (exact) mass is 365 g/mol. The van der Waals surface area contributed by atoms with Gasteiger partial charge in [0.05, 0.1) is 18.4 Å². The molecule has 4 nitrogen and oxygen atoms in total. The summed E-state index contributed by atoms with van der Waals surface area (Å²) in [6.07, 6.45) is 1.75. The van der Waals surface area contributed by atoms with Gasteiger partial charge in [-0.3, -0.25) is 4.99 Å². The Morgan fingerprint density at radius 2 is 1.69 bits per heavy atom. The average Bonchev–Trinajstić information content (AvgIpc) is 2.67. The van der Waals surface area contributed by atoms with Gasteiger partial charge >= 0.3 is 5.97 Å². The summed E-state index contributed by atoms with van der Waals surface area (Å²) < 4.78 is 10.4. The molecule has 0 saturated heterocycles. The van der Waals surface area contributed by atoms with E-state index in [9.17, 15) is 4.79 Å². The van der Waals surface area contributed by atoms with Crippen molar-refractivity contribution >= 4 is 29.5 Å². The first-order valence-corrected chi connectivity index (χ1v) is 8.28. The molecule has 0 aliphatic carbocycles. The van der Waals surface area contributed by atoms with Gasteiger partial charge in [0.1, 0.15) is 11.5 Å². The molecule has 0 saturated carbocycles. The van der Waals surface area contributed by atoms with E-state index in [-0.39, 0.29) is 0 Å². The third-order valence-corrected chi connectivity index (χ3v) is 3.82. The van der Waals surface area contributed by atoms with E-state index in [0.29, 0.717) is 16.3 Å². The summed E-state index contributed by atoms with van der Waals surface area (Å²) in [5.74, 6) is 0.756. The van der Waals surface area contributed by atoms with E-state index < -0.39 is 5.97 Å². The van der Waals surface area contributed by atoms with E-state index in [0.717, 1.165) is 17.0 Å². The topological polar surface area (TPSA) is 47.9 Å². The zero-order valence-corrected chi connectivity index (χ0v) is 14.8. The molecule has 0 unspecified atom stereocenters. The SMILES string of the molecule is COc1ccc(C=Nc2ccc(C(=O)Oc3cccc(Cl)c3)cc2)cc1. The predicted molar refractivity (Wildman–Crippen MR) is 103 cm³/mol. The number of methoxy groups -OCH3 is 1. The van der Waals surface area contributed by atoms with Gasteiger partial charge < -0.3 is 9.47 Å². The molecule has 0 aliphatic rings. The number of carbonyl (C=O) groups excluding carboxylic acids is 1. The van der Waals surface area contributed by atoms with Gasteiger partial charge in [0.15, 0.2) is 0 Å². The maximum absolute atomic E-state index is 12.2. The lowest BCUT2D eigenvalue weighted by atomic mass is 10.2. The number of hydrogen-bond acceptors (Lipinski definition) is 4. The summed E-state index contributed by atoms with van der Waals surface area (Å²) >= 11 is 5.88. The number of aliphatic imine (C=N–C) groups is 1. The molecule has 0 N–H and O–H groups in total. The van der Waals surface area contributed by atoms with Gasteiger partial charge in [0.2, 0.25) is 0 Å². The Balaban J connectivity index is 1.65. The zero-order valence-electron chi connectivity index (χ0n) is 14.1. The highest BCUT2D eigenvalue weighted by Crippen LogP contribution is 2.20. The molecule has 0 amide bonds. The number of hydrogen-bond donors (Lipinski definition) is 0. The normalized spacial score (nSPS) is 10.7. The number of ether oxygens (including phenoxy) is 2. The first kappa shape index (κ1) is 17.7. The van der Waals surface area contributed by atoms with Crippen LogP contribution in [0.3, 0.4) is 0 Å². The fourth-order valence-electron chi connectivity index (χ4n) is 2.22. The number of carbonyl (C=O) groups is 1. The second-order valence-electron chi connectivity index (χ2n) is 5.43. The Morgan fingerprint density at radius 3 is 2.35 bits per heavy atom. The van der Waals surface area contributed by atoms with Gasteiger partial charge in [-0.1, -0.05) is 17.7 Å². The van der Waals surface area contributed by atoms with E-state index in [2.05, 4.69) is 4.99 Å². The maximum atomic E-state index is 12.2. The molecule has 0 bridgehead atoms. The predicted octanol–water partition coefficient (Wildman–Crippen LogP) is 5.32. The molecule has 3 aromatic carbocycles. The summed E-state index contributed by atoms with van der Waals surface area (Å²) in [7, 11) is 1.63. The zero-order chi connectivity index (χ0) is 18.4. The van der Waals surface area contributed by atoms with Crippen LogP contribution in [0.4, 0.5) is 5.69 Å². The van der Waals surface area contributed by atoms with Gasteiger partial charge in [-0.05, 0) is 72.3 Å². The first-order valence-electron chi connectivity index (χ1n) is 7.90. The second-order valence-corrected chi connectivity index (χ2v) is 5.86. The lowest BCUT2D eigenvalue weighted by Crippen LogP contribution is -2.07. The Kier molecular flexibility index (Phi) is 5.66. The minimum absolute atomic E-state index is 0.407. The van der Waals surface area contributed by atoms with Crippen LogP contribution < -0.4 is 9.47 Å². The first-order chi connectivity index (χ1) is 12.6. The fraction of sp³-hybridized carbons (Fsp3) is 0.0476. The molecule has 3 aromatic rings. The van der Waals surface area contributed by atoms with E-state index in [1.54, 1.807) is 61.9 Å². The minimum Gasteiger partial charge on any atom is -0.497 e. The number of rotatable bonds is 5. The van der Waals surface area contributed by atoms with Crippen LogP contribution in [-0.4, -0.2) is 19.3 Å². The third-order valence-electron chi connectivity index (χ3n) is 3.59. The third kappa shape index (κ3) is 4.71. The number of esters is 1. The van der Waals surface area contributed by atoms with Crippen LogP contribution in [0.25, 0.3) is 0 Å². The summed E-state index contributed by atoms with van der Waals surface area (Å²) in [5, 5.41) is 0.513. The van der Waals surface area contributed by atoms with Crippen LogP contribution in [0.1, 0.15) is 15.9 Å². The van der Waals surface area contributed by atoms with Gasteiger partial charge in [-0.25, -0.2) is 4.79 Å². The van der Waals surface area contributed by atoms with Crippen molar-refractivity contribution in [3.63, 3.8) is 0 Å². The summed E-state index contributed by atoms with van der Waals surface area (Å²) in [5.41, 5.74) is 2.13. The lowest BCUT2D eigenvalue weighted by molar-refractivity contribution is 0.0735. The highest BCUT2D eigenvalue weighted by molar-refractivity contribution is 6.30. The number of nitrogens with zero attached hydrogens (tertiary/aromatic N) is 1. The molecule has 0 spiro atoms. The Hall–Kier alpha value is -3.11. The van der Waals surface area contributed by atoms with Crippen LogP contribution in [0.15, 0.2) is 77.8 Å². The maximum Gasteiger partial charge on any atom is 0.343 e. The van der Waals surface area contributed by atoms with Crippen LogP contribution in [-0.2, 0) is 0 Å². The molecule has 3 rings (SSSR count). The van der Waals surface area contributed by atoms with Crippen LogP contribution in [0.5, 0.6) is 11.5 Å². The molecule has 0 radical (unpaired) electrons. The van der Waals surface area contributed by atoms with Gasteiger partial charge in [-0.2, -0.15) is 0 Å². The Morgan fingerprint density at radius 1 is 0.962 bits per heavy atom. The lowest BCUT2D eigenvalue weighted by Gasteiger charge is -2.05. The summed E-state index contributed by atoms with van der Waals surface area (Å²) in [4.78, 5) is 16.6. The van der Waals surface area contributed by atoms with Crippen molar-refractivity contribution in [2.45, 2.75) is 0 Å². The number of halogens is 1. The van der Waals surface area contributed by atoms with Gasteiger partial charge in [0.25, 0.3) is 0 Å². The summed E-state index contributed by atoms with van der Waals surface area (Å²) in [6.45, 7) is 0. The standard InChI is InChI=1S/C21H16ClNO3/c1-25-19-11-5-15(6-12-19)14-23-18-9-7-16(8-10-18)21(24)26-20-4-2-3-17(22)13-20/h2-14H,1H3. The Labute approximate surface area is 156 Å². The van der Waals surface area contributed by atoms with Crippen molar-refractivity contribution < 1.29 is 14.3 Å². The van der Waals surface area contributed by atoms with E-state index in [1.165, 1.54) is 0 Å². The molecule has 0 fully saturated rings. The van der Waals surface area contributed by atoms with Crippen LogP contribution >= 0.6 is 11.6 Å². The van der Waals surface area contributed by atoms with Crippen molar-refractivity contribution in [3.8, 4) is 11.5 Å². The molecule has 0 aromatic heterocycles. The Bertz CT molecular complexity index is 919. The summed E-state index contributed by atoms with van der Waals surface area (Å²) in [6, 6.07) is 21.1. The van der Waals surface area contributed by atoms with Crippen molar-refractivity contribution in [1.29, 1.82) is 0 Å². The van der Waals surface area contributed by atoms with Crippen molar-refractivity contribution in [2.24, 2.45) is 4.99 Å². The smallest absolute Gasteiger partial charge is 0.343 e. The molecular weight excluding hydrogens is 350 g/mol. The van der Waals surface area contributed by atoms with Crippen molar-refractivity contribution in [2.75, 3.05) is 7.11 Å². The van der Waals surface area contributed by atoms with Crippen molar-refractivity contribution in [3.05, 3.63) is 88.9 Å². The van der Waals surface area contributed by atoms with E-state index >= 15 is 0 Å². The van der Waals surface area contributed by atoms with E-state index in [4.69, 9.17) is 21.1 Å². The molecule has 0 atom stereocenters. The minimum atomic E-state index is -0.446. The molecule has 0 heterocycles.